The van der Waals surface area contributed by atoms with Crippen molar-refractivity contribution in [3.63, 3.8) is 0 Å². The van der Waals surface area contributed by atoms with Crippen molar-refractivity contribution in [2.24, 2.45) is 0 Å². The molecule has 2 aromatic carbocycles. The highest BCUT2D eigenvalue weighted by Crippen LogP contribution is 2.52. The van der Waals surface area contributed by atoms with Gasteiger partial charge in [-0.05, 0) is 23.8 Å². The summed E-state index contributed by atoms with van der Waals surface area (Å²) in [6, 6.07) is 14.9. The summed E-state index contributed by atoms with van der Waals surface area (Å²) in [5.74, 6) is 0.534. The second-order valence-corrected chi connectivity index (χ2v) is 6.50. The summed E-state index contributed by atoms with van der Waals surface area (Å²) in [6.45, 7) is 0. The number of benzene rings is 2. The lowest BCUT2D eigenvalue weighted by molar-refractivity contribution is -0.140. The summed E-state index contributed by atoms with van der Waals surface area (Å²) in [6.07, 6.45) is -0.225. The van der Waals surface area contributed by atoms with Gasteiger partial charge >= 0.3 is 0 Å². The van der Waals surface area contributed by atoms with Crippen LogP contribution in [-0.4, -0.2) is 17.0 Å². The summed E-state index contributed by atoms with van der Waals surface area (Å²) in [7, 11) is 0. The third-order valence-electron chi connectivity index (χ3n) is 4.46. The van der Waals surface area contributed by atoms with Gasteiger partial charge in [0, 0.05) is 22.4 Å². The molecule has 0 radical (unpaired) electrons. The normalized spacial score (nSPS) is 29.9. The Kier molecular flexibility index (Phi) is 2.75. The molecular formula is C17H13BrO3. The van der Waals surface area contributed by atoms with Gasteiger partial charge in [-0.1, -0.05) is 46.3 Å². The first-order valence-electron chi connectivity index (χ1n) is 6.88. The van der Waals surface area contributed by atoms with E-state index in [-0.39, 0.29) is 11.7 Å². The number of ketones is 1. The predicted molar refractivity (Wildman–Crippen MR) is 81.3 cm³/mol. The first-order valence-corrected chi connectivity index (χ1v) is 7.67. The monoisotopic (exact) mass is 344 g/mol. The van der Waals surface area contributed by atoms with E-state index in [1.807, 2.05) is 36.4 Å². The van der Waals surface area contributed by atoms with E-state index in [0.29, 0.717) is 12.0 Å². The van der Waals surface area contributed by atoms with Crippen LogP contribution in [0.15, 0.2) is 53.0 Å². The van der Waals surface area contributed by atoms with Gasteiger partial charge in [-0.2, -0.15) is 0 Å². The number of hydrogen-bond donors (Lipinski definition) is 1. The molecule has 1 heterocycles. The van der Waals surface area contributed by atoms with Gasteiger partial charge in [0.1, 0.15) is 11.9 Å². The fourth-order valence-corrected chi connectivity index (χ4v) is 3.68. The van der Waals surface area contributed by atoms with Crippen LogP contribution in [0.25, 0.3) is 0 Å². The molecule has 106 valence electrons. The van der Waals surface area contributed by atoms with Crippen molar-refractivity contribution in [1.82, 2.24) is 0 Å². The summed E-state index contributed by atoms with van der Waals surface area (Å²) < 4.78 is 6.83. The van der Waals surface area contributed by atoms with Crippen LogP contribution >= 0.6 is 15.9 Å². The molecule has 0 amide bonds. The van der Waals surface area contributed by atoms with Crippen LogP contribution in [0.1, 0.15) is 23.5 Å². The van der Waals surface area contributed by atoms with E-state index in [9.17, 15) is 9.90 Å². The topological polar surface area (TPSA) is 46.5 Å². The largest absolute Gasteiger partial charge is 0.486 e. The lowest BCUT2D eigenvalue weighted by Gasteiger charge is -2.28. The van der Waals surface area contributed by atoms with Gasteiger partial charge < -0.3 is 9.84 Å². The zero-order valence-electron chi connectivity index (χ0n) is 11.1. The molecule has 2 aliphatic rings. The SMILES string of the molecule is O=C1C[C@H]2c3ccccc3O[C@H]2[C@]1(O)c1ccc(Br)cc1. The van der Waals surface area contributed by atoms with Crippen molar-refractivity contribution in [2.75, 3.05) is 0 Å². The number of carbonyl (C=O) groups is 1. The van der Waals surface area contributed by atoms with E-state index in [1.54, 1.807) is 12.1 Å². The maximum absolute atomic E-state index is 12.5. The van der Waals surface area contributed by atoms with Crippen molar-refractivity contribution in [2.45, 2.75) is 24.0 Å². The van der Waals surface area contributed by atoms with Crippen molar-refractivity contribution in [3.8, 4) is 5.75 Å². The Bertz CT molecular complexity index is 725. The van der Waals surface area contributed by atoms with Crippen molar-refractivity contribution in [1.29, 1.82) is 0 Å². The highest BCUT2D eigenvalue weighted by molar-refractivity contribution is 9.10. The molecule has 21 heavy (non-hydrogen) atoms. The van der Waals surface area contributed by atoms with E-state index in [1.165, 1.54) is 0 Å². The fourth-order valence-electron chi connectivity index (χ4n) is 3.41. The van der Waals surface area contributed by atoms with Crippen molar-refractivity contribution < 1.29 is 14.6 Å². The molecule has 0 spiro atoms. The van der Waals surface area contributed by atoms with Crippen LogP contribution in [0.3, 0.4) is 0 Å². The Hall–Kier alpha value is -1.65. The van der Waals surface area contributed by atoms with E-state index in [4.69, 9.17) is 4.74 Å². The molecule has 0 unspecified atom stereocenters. The van der Waals surface area contributed by atoms with Crippen LogP contribution in [0, 0.1) is 0 Å². The molecule has 1 aliphatic heterocycles. The van der Waals surface area contributed by atoms with E-state index >= 15 is 0 Å². The predicted octanol–water partition coefficient (Wildman–Crippen LogP) is 3.15. The first-order chi connectivity index (χ1) is 10.1. The molecule has 4 rings (SSSR count). The quantitative estimate of drug-likeness (QED) is 0.864. The number of aliphatic hydroxyl groups is 1. The third kappa shape index (κ3) is 1.72. The fraction of sp³-hybridized carbons (Fsp3) is 0.235. The minimum atomic E-state index is -1.57. The van der Waals surface area contributed by atoms with E-state index in [0.717, 1.165) is 15.8 Å². The molecule has 0 aromatic heterocycles. The van der Waals surface area contributed by atoms with Gasteiger partial charge in [0.25, 0.3) is 0 Å². The molecule has 0 bridgehead atoms. The van der Waals surface area contributed by atoms with Gasteiger partial charge in [0.2, 0.25) is 0 Å². The average molecular weight is 345 g/mol. The standard InChI is InChI=1S/C17H13BrO3/c18-11-7-5-10(6-8-11)17(20)15(19)9-13-12-3-1-2-4-14(12)21-16(13)17/h1-8,13,16,20H,9H2/t13-,16+,17-/m0/s1. The molecule has 0 saturated heterocycles. The number of fused-ring (bicyclic) bond motifs is 3. The maximum atomic E-state index is 12.5. The summed E-state index contributed by atoms with van der Waals surface area (Å²) in [5, 5.41) is 11.1. The summed E-state index contributed by atoms with van der Waals surface area (Å²) in [4.78, 5) is 12.5. The highest BCUT2D eigenvalue weighted by Gasteiger charge is 2.60. The Labute approximate surface area is 130 Å². The smallest absolute Gasteiger partial charge is 0.185 e. The van der Waals surface area contributed by atoms with Crippen LogP contribution in [-0.2, 0) is 10.4 Å². The maximum Gasteiger partial charge on any atom is 0.185 e. The third-order valence-corrected chi connectivity index (χ3v) is 4.99. The molecule has 1 saturated carbocycles. The minimum Gasteiger partial charge on any atom is -0.486 e. The van der Waals surface area contributed by atoms with E-state index < -0.39 is 11.7 Å². The molecule has 3 nitrogen and oxygen atoms in total. The summed E-state index contributed by atoms with van der Waals surface area (Å²) >= 11 is 3.37. The number of hydrogen-bond acceptors (Lipinski definition) is 3. The Morgan fingerprint density at radius 3 is 2.62 bits per heavy atom. The average Bonchev–Trinajstić information content (AvgIpc) is 2.97. The summed E-state index contributed by atoms with van der Waals surface area (Å²) in [5.41, 5.74) is 0.0459. The first kappa shape index (κ1) is 13.0. The number of para-hydroxylation sites is 1. The number of halogens is 1. The molecule has 3 atom stereocenters. The zero-order chi connectivity index (χ0) is 14.6. The number of Topliss-reactive ketones (excluding diaryl/α,β-unsaturated/α-hetero) is 1. The minimum absolute atomic E-state index is 0.0673. The highest BCUT2D eigenvalue weighted by atomic mass is 79.9. The number of carbonyl (C=O) groups excluding carboxylic acids is 1. The van der Waals surface area contributed by atoms with Crippen molar-refractivity contribution >= 4 is 21.7 Å². The van der Waals surface area contributed by atoms with Gasteiger partial charge in [-0.3, -0.25) is 4.79 Å². The lowest BCUT2D eigenvalue weighted by Crippen LogP contribution is -2.43. The van der Waals surface area contributed by atoms with Gasteiger partial charge in [0.05, 0.1) is 0 Å². The lowest BCUT2D eigenvalue weighted by atomic mass is 9.87. The van der Waals surface area contributed by atoms with Crippen LogP contribution in [0.2, 0.25) is 0 Å². The Morgan fingerprint density at radius 2 is 1.86 bits per heavy atom. The second-order valence-electron chi connectivity index (χ2n) is 5.58. The van der Waals surface area contributed by atoms with Crippen LogP contribution in [0.5, 0.6) is 5.75 Å². The molecular weight excluding hydrogens is 332 g/mol. The molecule has 1 aliphatic carbocycles. The Morgan fingerprint density at radius 1 is 1.14 bits per heavy atom. The molecule has 2 aromatic rings. The molecule has 1 N–H and O–H groups in total. The second kappa shape index (κ2) is 4.42. The van der Waals surface area contributed by atoms with Crippen LogP contribution in [0.4, 0.5) is 0 Å². The van der Waals surface area contributed by atoms with Gasteiger partial charge in [-0.25, -0.2) is 0 Å². The Balaban J connectivity index is 1.81. The van der Waals surface area contributed by atoms with Crippen LogP contribution < -0.4 is 4.74 Å². The van der Waals surface area contributed by atoms with Gasteiger partial charge in [0.15, 0.2) is 11.4 Å². The van der Waals surface area contributed by atoms with Gasteiger partial charge in [-0.15, -0.1) is 0 Å². The van der Waals surface area contributed by atoms with Crippen molar-refractivity contribution in [3.05, 3.63) is 64.1 Å². The zero-order valence-corrected chi connectivity index (χ0v) is 12.7. The number of rotatable bonds is 1. The van der Waals surface area contributed by atoms with E-state index in [2.05, 4.69) is 15.9 Å². The number of ether oxygens (including phenoxy) is 1. The molecule has 4 heteroatoms. The molecule has 1 fully saturated rings.